The summed E-state index contributed by atoms with van der Waals surface area (Å²) >= 11 is 5.85. The van der Waals surface area contributed by atoms with Gasteiger partial charge in [-0.2, -0.15) is 0 Å². The number of hydrogen-bond donors (Lipinski definition) is 2. The molecule has 0 bridgehead atoms. The van der Waals surface area contributed by atoms with Crippen molar-refractivity contribution in [1.82, 2.24) is 4.90 Å². The van der Waals surface area contributed by atoms with E-state index in [0.717, 1.165) is 19.4 Å². The number of benzene rings is 1. The Hall–Kier alpha value is -1.26. The van der Waals surface area contributed by atoms with Gasteiger partial charge in [0.15, 0.2) is 0 Å². The highest BCUT2D eigenvalue weighted by atomic mass is 35.5. The minimum Gasteiger partial charge on any atom is -0.397 e. The number of carbonyl (C=O) groups is 1. The molecule has 1 rings (SSSR count). The molecule has 1 aromatic carbocycles. The molecule has 0 saturated carbocycles. The van der Waals surface area contributed by atoms with Crippen LogP contribution in [0, 0.1) is 0 Å². The van der Waals surface area contributed by atoms with E-state index < -0.39 is 0 Å². The van der Waals surface area contributed by atoms with E-state index in [-0.39, 0.29) is 11.4 Å². The Bertz CT molecular complexity index is 488. The van der Waals surface area contributed by atoms with E-state index in [1.807, 2.05) is 0 Å². The van der Waals surface area contributed by atoms with Crippen LogP contribution >= 0.6 is 11.6 Å². The zero-order valence-corrected chi connectivity index (χ0v) is 14.1. The quantitative estimate of drug-likeness (QED) is 0.754. The SMILES string of the molecule is CCC(C)(C)N(C)CCCC(=O)Nc1ccc(Cl)c(N)c1. The van der Waals surface area contributed by atoms with Gasteiger partial charge in [-0.1, -0.05) is 18.5 Å². The van der Waals surface area contributed by atoms with Crippen molar-refractivity contribution in [3.05, 3.63) is 23.2 Å². The van der Waals surface area contributed by atoms with E-state index in [1.54, 1.807) is 18.2 Å². The third-order valence-electron chi connectivity index (χ3n) is 4.08. The van der Waals surface area contributed by atoms with E-state index in [9.17, 15) is 4.79 Å². The molecule has 0 aliphatic carbocycles. The Kier molecular flexibility index (Phi) is 6.49. The van der Waals surface area contributed by atoms with Crippen molar-refractivity contribution in [2.75, 3.05) is 24.6 Å². The Morgan fingerprint density at radius 2 is 2.10 bits per heavy atom. The number of hydrogen-bond acceptors (Lipinski definition) is 3. The maximum atomic E-state index is 11.9. The zero-order chi connectivity index (χ0) is 16.0. The maximum Gasteiger partial charge on any atom is 0.224 e. The lowest BCUT2D eigenvalue weighted by atomic mass is 10.00. The van der Waals surface area contributed by atoms with Crippen LogP contribution in [0.15, 0.2) is 18.2 Å². The van der Waals surface area contributed by atoms with Crippen LogP contribution in [-0.2, 0) is 4.79 Å². The predicted molar refractivity (Wildman–Crippen MR) is 90.7 cm³/mol. The Balaban J connectivity index is 2.39. The van der Waals surface area contributed by atoms with Gasteiger partial charge in [-0.05, 0) is 58.5 Å². The van der Waals surface area contributed by atoms with Crippen LogP contribution in [0.1, 0.15) is 40.0 Å². The minimum absolute atomic E-state index is 0.000531. The summed E-state index contributed by atoms with van der Waals surface area (Å²) in [6.45, 7) is 7.50. The summed E-state index contributed by atoms with van der Waals surface area (Å²) in [5.74, 6) is -0.000531. The van der Waals surface area contributed by atoms with Gasteiger partial charge in [0, 0.05) is 17.6 Å². The lowest BCUT2D eigenvalue weighted by Crippen LogP contribution is -2.41. The Morgan fingerprint density at radius 3 is 2.67 bits per heavy atom. The number of anilines is 2. The predicted octanol–water partition coefficient (Wildman–Crippen LogP) is 3.76. The zero-order valence-electron chi connectivity index (χ0n) is 13.4. The van der Waals surface area contributed by atoms with E-state index >= 15 is 0 Å². The number of nitrogen functional groups attached to an aromatic ring is 1. The van der Waals surface area contributed by atoms with Crippen molar-refractivity contribution in [3.63, 3.8) is 0 Å². The second-order valence-electron chi connectivity index (χ2n) is 5.98. The van der Waals surface area contributed by atoms with E-state index in [1.165, 1.54) is 0 Å². The minimum atomic E-state index is -0.000531. The molecule has 1 amide bonds. The summed E-state index contributed by atoms with van der Waals surface area (Å²) in [5.41, 5.74) is 7.03. The van der Waals surface area contributed by atoms with Gasteiger partial charge < -0.3 is 16.0 Å². The van der Waals surface area contributed by atoms with Gasteiger partial charge in [0.2, 0.25) is 5.91 Å². The number of halogens is 1. The number of nitrogens with two attached hydrogens (primary N) is 1. The van der Waals surface area contributed by atoms with Crippen molar-refractivity contribution >= 4 is 28.9 Å². The van der Waals surface area contributed by atoms with E-state index in [0.29, 0.717) is 22.8 Å². The largest absolute Gasteiger partial charge is 0.397 e. The van der Waals surface area contributed by atoms with Gasteiger partial charge in [-0.3, -0.25) is 4.79 Å². The first-order valence-electron chi connectivity index (χ1n) is 7.32. The molecule has 0 fully saturated rings. The number of amides is 1. The van der Waals surface area contributed by atoms with Crippen LogP contribution in [0.25, 0.3) is 0 Å². The maximum absolute atomic E-state index is 11.9. The van der Waals surface area contributed by atoms with Crippen molar-refractivity contribution in [3.8, 4) is 0 Å². The summed E-state index contributed by atoms with van der Waals surface area (Å²) in [7, 11) is 2.10. The molecule has 0 saturated heterocycles. The normalized spacial score (nSPS) is 11.7. The fourth-order valence-electron chi connectivity index (χ4n) is 1.89. The van der Waals surface area contributed by atoms with Crippen LogP contribution in [-0.4, -0.2) is 29.9 Å². The molecule has 0 aliphatic rings. The monoisotopic (exact) mass is 311 g/mol. The average molecular weight is 312 g/mol. The number of carbonyl (C=O) groups excluding carboxylic acids is 1. The van der Waals surface area contributed by atoms with Gasteiger partial charge in [0.25, 0.3) is 0 Å². The van der Waals surface area contributed by atoms with Gasteiger partial charge in [-0.25, -0.2) is 0 Å². The number of nitrogens with zero attached hydrogens (tertiary/aromatic N) is 1. The average Bonchev–Trinajstić information content (AvgIpc) is 2.42. The first-order valence-corrected chi connectivity index (χ1v) is 7.70. The van der Waals surface area contributed by atoms with Crippen molar-refractivity contribution < 1.29 is 4.79 Å². The molecule has 21 heavy (non-hydrogen) atoms. The summed E-state index contributed by atoms with van der Waals surface area (Å²) in [5, 5.41) is 3.34. The standard InChI is InChI=1S/C16H26ClN3O/c1-5-16(2,3)20(4)10-6-7-15(21)19-12-8-9-13(17)14(18)11-12/h8-9,11H,5-7,10,18H2,1-4H3,(H,19,21). The first kappa shape index (κ1) is 17.8. The Morgan fingerprint density at radius 1 is 1.43 bits per heavy atom. The second-order valence-corrected chi connectivity index (χ2v) is 6.38. The molecule has 0 aromatic heterocycles. The molecule has 0 spiro atoms. The van der Waals surface area contributed by atoms with Crippen LogP contribution in [0.5, 0.6) is 0 Å². The number of nitrogens with one attached hydrogen (secondary N) is 1. The molecule has 4 nitrogen and oxygen atoms in total. The molecule has 5 heteroatoms. The molecule has 0 radical (unpaired) electrons. The highest BCUT2D eigenvalue weighted by Crippen LogP contribution is 2.22. The Labute approximate surface area is 132 Å². The lowest BCUT2D eigenvalue weighted by molar-refractivity contribution is -0.116. The second kappa shape index (κ2) is 7.66. The van der Waals surface area contributed by atoms with Crippen molar-refractivity contribution in [1.29, 1.82) is 0 Å². The fraction of sp³-hybridized carbons (Fsp3) is 0.562. The van der Waals surface area contributed by atoms with Gasteiger partial charge in [0.1, 0.15) is 0 Å². The summed E-state index contributed by atoms with van der Waals surface area (Å²) in [6.07, 6.45) is 2.40. The summed E-state index contributed by atoms with van der Waals surface area (Å²) in [6, 6.07) is 5.11. The third-order valence-corrected chi connectivity index (χ3v) is 4.42. The first-order chi connectivity index (χ1) is 9.76. The smallest absolute Gasteiger partial charge is 0.224 e. The third kappa shape index (κ3) is 5.56. The van der Waals surface area contributed by atoms with Crippen LogP contribution in [0.3, 0.4) is 0 Å². The highest BCUT2D eigenvalue weighted by molar-refractivity contribution is 6.33. The molecule has 118 valence electrons. The fourth-order valence-corrected chi connectivity index (χ4v) is 2.01. The molecule has 3 N–H and O–H groups in total. The molecular weight excluding hydrogens is 286 g/mol. The van der Waals surface area contributed by atoms with Gasteiger partial charge in [-0.15, -0.1) is 0 Å². The lowest BCUT2D eigenvalue weighted by Gasteiger charge is -2.34. The molecule has 0 heterocycles. The van der Waals surface area contributed by atoms with Crippen LogP contribution in [0.4, 0.5) is 11.4 Å². The van der Waals surface area contributed by atoms with Crippen LogP contribution < -0.4 is 11.1 Å². The number of rotatable bonds is 7. The molecule has 0 unspecified atom stereocenters. The van der Waals surface area contributed by atoms with Crippen molar-refractivity contribution in [2.24, 2.45) is 0 Å². The summed E-state index contributed by atoms with van der Waals surface area (Å²) < 4.78 is 0. The molecular formula is C16H26ClN3O. The summed E-state index contributed by atoms with van der Waals surface area (Å²) in [4.78, 5) is 14.2. The van der Waals surface area contributed by atoms with Crippen LogP contribution in [0.2, 0.25) is 5.02 Å². The van der Waals surface area contributed by atoms with Gasteiger partial charge >= 0.3 is 0 Å². The highest BCUT2D eigenvalue weighted by Gasteiger charge is 2.20. The van der Waals surface area contributed by atoms with E-state index in [4.69, 9.17) is 17.3 Å². The molecule has 1 aromatic rings. The topological polar surface area (TPSA) is 58.4 Å². The molecule has 0 atom stereocenters. The van der Waals surface area contributed by atoms with Gasteiger partial charge in [0.05, 0.1) is 10.7 Å². The van der Waals surface area contributed by atoms with E-state index in [2.05, 4.69) is 38.0 Å². The van der Waals surface area contributed by atoms with Crippen molar-refractivity contribution in [2.45, 2.75) is 45.6 Å². The molecule has 0 aliphatic heterocycles.